The summed E-state index contributed by atoms with van der Waals surface area (Å²) in [4.78, 5) is 23.7. The molecule has 2 N–H and O–H groups in total. The third-order valence-electron chi connectivity index (χ3n) is 4.95. The lowest BCUT2D eigenvalue weighted by molar-refractivity contribution is -0.137. The Hall–Kier alpha value is -3.40. The molecule has 1 atom stereocenters. The molecule has 0 bridgehead atoms. The summed E-state index contributed by atoms with van der Waals surface area (Å²) in [5, 5.41) is 14.8. The number of nitrogens with zero attached hydrogens (tertiary/aromatic N) is 2. The number of hydrogen-bond donors (Lipinski definition) is 2. The number of sulfonamides is 1. The monoisotopic (exact) mass is 459 g/mol. The molecule has 0 spiro atoms. The number of carbonyl (C=O) groups excluding carboxylic acids is 1. The first-order chi connectivity index (χ1) is 15.2. The van der Waals surface area contributed by atoms with Gasteiger partial charge in [-0.2, -0.15) is 5.10 Å². The van der Waals surface area contributed by atoms with Crippen molar-refractivity contribution in [3.05, 3.63) is 59.7 Å². The minimum Gasteiger partial charge on any atom is -0.497 e. The molecule has 170 valence electrons. The average molecular weight is 460 g/mol. The number of rotatable bonds is 9. The molecule has 0 radical (unpaired) electrons. The molecule has 0 fully saturated rings. The first-order valence-corrected chi connectivity index (χ1v) is 11.9. The van der Waals surface area contributed by atoms with Crippen LogP contribution in [0.15, 0.2) is 53.6 Å². The lowest BCUT2D eigenvalue weighted by atomic mass is 9.98. The summed E-state index contributed by atoms with van der Waals surface area (Å²) in [5.74, 6) is -0.537. The van der Waals surface area contributed by atoms with Gasteiger partial charge in [-0.25, -0.2) is 13.4 Å². The minimum absolute atomic E-state index is 0.0609. The Morgan fingerprint density at radius 1 is 1.19 bits per heavy atom. The van der Waals surface area contributed by atoms with Gasteiger partial charge in [-0.15, -0.1) is 0 Å². The van der Waals surface area contributed by atoms with Crippen LogP contribution >= 0.6 is 0 Å². The van der Waals surface area contributed by atoms with Crippen LogP contribution in [-0.2, 0) is 19.6 Å². The van der Waals surface area contributed by atoms with E-state index in [1.807, 2.05) is 12.1 Å². The summed E-state index contributed by atoms with van der Waals surface area (Å²) in [6.07, 6.45) is 1.69. The van der Waals surface area contributed by atoms with Gasteiger partial charge in [-0.05, 0) is 41.8 Å². The molecule has 10 heteroatoms. The molecule has 1 aliphatic heterocycles. The number of aliphatic carboxylic acids is 1. The van der Waals surface area contributed by atoms with Crippen LogP contribution in [0.4, 0.5) is 5.69 Å². The van der Waals surface area contributed by atoms with E-state index in [1.54, 1.807) is 43.5 Å². The molecule has 0 aromatic heterocycles. The van der Waals surface area contributed by atoms with E-state index in [-0.39, 0.29) is 31.2 Å². The summed E-state index contributed by atoms with van der Waals surface area (Å²) >= 11 is 0. The standard InChI is InChI=1S/C22H25N3O6S/c1-31-18-11-9-15(10-12-18)20-14-19(23-25(20)21(26)7-4-8-22(27)28)16-5-3-6-17(13-16)24-32(2,29)30/h3,5-6,9-13,20,24H,4,7-8,14H2,1-2H3,(H,27,28)/t20-/m0/s1. The van der Waals surface area contributed by atoms with E-state index >= 15 is 0 Å². The van der Waals surface area contributed by atoms with Gasteiger partial charge in [0.05, 0.1) is 25.1 Å². The molecule has 3 rings (SSSR count). The Bertz CT molecular complexity index is 1130. The van der Waals surface area contributed by atoms with Gasteiger partial charge in [0.1, 0.15) is 5.75 Å². The first-order valence-electron chi connectivity index (χ1n) is 10.00. The van der Waals surface area contributed by atoms with Crippen molar-refractivity contribution in [1.29, 1.82) is 0 Å². The van der Waals surface area contributed by atoms with Crippen molar-refractivity contribution < 1.29 is 27.9 Å². The maximum Gasteiger partial charge on any atom is 0.303 e. The smallest absolute Gasteiger partial charge is 0.303 e. The van der Waals surface area contributed by atoms with E-state index in [1.165, 1.54) is 5.01 Å². The van der Waals surface area contributed by atoms with Gasteiger partial charge >= 0.3 is 5.97 Å². The third-order valence-corrected chi connectivity index (χ3v) is 5.55. The lowest BCUT2D eigenvalue weighted by Crippen LogP contribution is -2.27. The molecule has 32 heavy (non-hydrogen) atoms. The summed E-state index contributed by atoms with van der Waals surface area (Å²) in [7, 11) is -1.86. The number of methoxy groups -OCH3 is 1. The van der Waals surface area contributed by atoms with Crippen molar-refractivity contribution in [3.8, 4) is 5.75 Å². The van der Waals surface area contributed by atoms with E-state index < -0.39 is 16.0 Å². The second-order valence-corrected chi connectivity index (χ2v) is 9.23. The molecule has 1 heterocycles. The molecule has 1 aliphatic rings. The number of hydrazone groups is 1. The highest BCUT2D eigenvalue weighted by Gasteiger charge is 2.33. The van der Waals surface area contributed by atoms with Gasteiger partial charge in [0.15, 0.2) is 0 Å². The Labute approximate surface area is 186 Å². The zero-order chi connectivity index (χ0) is 23.3. The summed E-state index contributed by atoms with van der Waals surface area (Å²) in [6, 6.07) is 13.8. The molecule has 0 aliphatic carbocycles. The van der Waals surface area contributed by atoms with Crippen LogP contribution in [0.3, 0.4) is 0 Å². The predicted molar refractivity (Wildman–Crippen MR) is 120 cm³/mol. The Kier molecular flexibility index (Phi) is 7.14. The van der Waals surface area contributed by atoms with E-state index in [0.29, 0.717) is 29.1 Å². The number of hydrogen-bond acceptors (Lipinski definition) is 6. The fourth-order valence-corrected chi connectivity index (χ4v) is 4.04. The largest absolute Gasteiger partial charge is 0.497 e. The Morgan fingerprint density at radius 2 is 1.91 bits per heavy atom. The van der Waals surface area contributed by atoms with E-state index in [0.717, 1.165) is 11.8 Å². The number of anilines is 1. The van der Waals surface area contributed by atoms with Crippen molar-refractivity contribution in [2.24, 2.45) is 5.10 Å². The van der Waals surface area contributed by atoms with Gasteiger partial charge in [-0.3, -0.25) is 14.3 Å². The van der Waals surface area contributed by atoms with Crippen molar-refractivity contribution in [2.45, 2.75) is 31.7 Å². The highest BCUT2D eigenvalue weighted by atomic mass is 32.2. The molecule has 0 unspecified atom stereocenters. The number of amides is 1. The number of ether oxygens (including phenoxy) is 1. The zero-order valence-electron chi connectivity index (χ0n) is 17.8. The summed E-state index contributed by atoms with van der Waals surface area (Å²) in [5.41, 5.74) is 2.59. The number of nitrogens with one attached hydrogen (secondary N) is 1. The fourth-order valence-electron chi connectivity index (χ4n) is 3.48. The SMILES string of the molecule is COc1ccc([C@@H]2CC(c3cccc(NS(C)(=O)=O)c3)=NN2C(=O)CCCC(=O)O)cc1. The molecule has 0 saturated carbocycles. The first kappa shape index (κ1) is 23.3. The lowest BCUT2D eigenvalue weighted by Gasteiger charge is -2.22. The Morgan fingerprint density at radius 3 is 2.53 bits per heavy atom. The van der Waals surface area contributed by atoms with Crippen LogP contribution < -0.4 is 9.46 Å². The van der Waals surface area contributed by atoms with Crippen molar-refractivity contribution in [3.63, 3.8) is 0 Å². The normalized spacial score (nSPS) is 15.9. The molecule has 2 aromatic rings. The molecule has 0 saturated heterocycles. The van der Waals surface area contributed by atoms with Crippen LogP contribution in [0, 0.1) is 0 Å². The molecular weight excluding hydrogens is 434 g/mol. The van der Waals surface area contributed by atoms with Crippen LogP contribution in [0.5, 0.6) is 5.75 Å². The van der Waals surface area contributed by atoms with E-state index in [4.69, 9.17) is 9.84 Å². The third kappa shape index (κ3) is 6.07. The van der Waals surface area contributed by atoms with E-state index in [2.05, 4.69) is 9.82 Å². The van der Waals surface area contributed by atoms with Gasteiger partial charge in [-0.1, -0.05) is 24.3 Å². The molecule has 9 nitrogen and oxygen atoms in total. The maximum atomic E-state index is 12.9. The van der Waals surface area contributed by atoms with Gasteiger partial charge in [0, 0.05) is 24.9 Å². The number of carbonyl (C=O) groups is 2. The minimum atomic E-state index is -3.43. The molecular formula is C22H25N3O6S. The van der Waals surface area contributed by atoms with Gasteiger partial charge < -0.3 is 9.84 Å². The highest BCUT2D eigenvalue weighted by Crippen LogP contribution is 2.34. The van der Waals surface area contributed by atoms with Crippen LogP contribution in [0.25, 0.3) is 0 Å². The predicted octanol–water partition coefficient (Wildman–Crippen LogP) is 3.00. The topological polar surface area (TPSA) is 125 Å². The number of carboxylic acids is 1. The second-order valence-electron chi connectivity index (χ2n) is 7.48. The summed E-state index contributed by atoms with van der Waals surface area (Å²) in [6.45, 7) is 0. The quantitative estimate of drug-likeness (QED) is 0.594. The van der Waals surface area contributed by atoms with Crippen LogP contribution in [0.1, 0.15) is 42.9 Å². The van der Waals surface area contributed by atoms with E-state index in [9.17, 15) is 18.0 Å². The molecule has 1 amide bonds. The van der Waals surface area contributed by atoms with Crippen molar-refractivity contribution in [2.75, 3.05) is 18.1 Å². The van der Waals surface area contributed by atoms with Crippen molar-refractivity contribution in [1.82, 2.24) is 5.01 Å². The van der Waals surface area contributed by atoms with Crippen LogP contribution in [-0.4, -0.2) is 49.5 Å². The second kappa shape index (κ2) is 9.82. The molecule has 2 aromatic carbocycles. The zero-order valence-corrected chi connectivity index (χ0v) is 18.6. The average Bonchev–Trinajstić information content (AvgIpc) is 3.18. The fraction of sp³-hybridized carbons (Fsp3) is 0.318. The maximum absolute atomic E-state index is 12.9. The van der Waals surface area contributed by atoms with Gasteiger partial charge in [0.25, 0.3) is 0 Å². The summed E-state index contributed by atoms with van der Waals surface area (Å²) < 4.78 is 30.8. The van der Waals surface area contributed by atoms with Crippen LogP contribution in [0.2, 0.25) is 0 Å². The van der Waals surface area contributed by atoms with Crippen molar-refractivity contribution >= 4 is 33.3 Å². The number of carboxylic acid groups (broad SMARTS) is 1. The number of benzene rings is 2. The van der Waals surface area contributed by atoms with Gasteiger partial charge in [0.2, 0.25) is 15.9 Å². The highest BCUT2D eigenvalue weighted by molar-refractivity contribution is 7.92. The Balaban J connectivity index is 1.89.